The number of hydrogen-bond acceptors (Lipinski definition) is 5. The Balaban J connectivity index is 1.26. The summed E-state index contributed by atoms with van der Waals surface area (Å²) in [6, 6.07) is 5.03. The molecule has 2 saturated carbocycles. The zero-order chi connectivity index (χ0) is 27.9. The van der Waals surface area contributed by atoms with Gasteiger partial charge in [0.25, 0.3) is 11.8 Å². The molecule has 2 amide bonds. The van der Waals surface area contributed by atoms with E-state index in [2.05, 4.69) is 16.9 Å². The van der Waals surface area contributed by atoms with Crippen LogP contribution in [0.2, 0.25) is 0 Å². The van der Waals surface area contributed by atoms with Gasteiger partial charge in [0.05, 0.1) is 23.8 Å². The van der Waals surface area contributed by atoms with Crippen LogP contribution >= 0.6 is 0 Å². The summed E-state index contributed by atoms with van der Waals surface area (Å²) in [4.78, 5) is 26.4. The molecule has 3 aliphatic rings. The van der Waals surface area contributed by atoms with Gasteiger partial charge in [0, 0.05) is 30.3 Å². The minimum Gasteiger partial charge on any atom is -0.383 e. The van der Waals surface area contributed by atoms with E-state index >= 15 is 0 Å². The maximum atomic E-state index is 13.1. The van der Waals surface area contributed by atoms with Crippen molar-refractivity contribution in [2.45, 2.75) is 39.0 Å². The number of aryl methyl sites for hydroxylation is 1. The number of carbonyl (C=O) groups excluding carboxylic acids is 2. The number of amides is 2. The number of halogens is 3. The maximum Gasteiger partial charge on any atom is 0.416 e. The number of carbonyl (C=O) groups is 2. The maximum absolute atomic E-state index is 13.1. The second-order valence-electron chi connectivity index (χ2n) is 10.6. The first kappa shape index (κ1) is 25.0. The molecule has 9 nitrogen and oxygen atoms in total. The topological polar surface area (TPSA) is 125 Å². The average Bonchev–Trinajstić information content (AvgIpc) is 3.28. The van der Waals surface area contributed by atoms with Crippen LogP contribution in [0.1, 0.15) is 46.6 Å². The van der Waals surface area contributed by atoms with Crippen LogP contribution in [0, 0.1) is 36.0 Å². The van der Waals surface area contributed by atoms with Crippen molar-refractivity contribution in [2.75, 3.05) is 18.8 Å². The van der Waals surface area contributed by atoms with Gasteiger partial charge in [0.15, 0.2) is 0 Å². The van der Waals surface area contributed by atoms with Crippen LogP contribution in [0.4, 0.5) is 19.0 Å². The average molecular weight is 538 g/mol. The number of nitrogens with two attached hydrogens (primary N) is 2. The molecule has 3 heterocycles. The Morgan fingerprint density at radius 2 is 2.03 bits per heavy atom. The number of primary amides is 1. The molecule has 0 radical (unpaired) electrons. The van der Waals surface area contributed by atoms with Crippen LogP contribution in [0.5, 0.6) is 0 Å². The highest BCUT2D eigenvalue weighted by molar-refractivity contribution is 6.03. The SMILES string of the molecule is CC#CC(=O)N1CC2[C@@H]3[C@H](n4nc(-c5cn(Cc6cccc(C(F)(F)F)c6)nc5C)c(C(N)=O)c4N)C[C@]23C1. The zero-order valence-corrected chi connectivity index (χ0v) is 21.3. The van der Waals surface area contributed by atoms with Crippen molar-refractivity contribution in [1.82, 2.24) is 24.5 Å². The second kappa shape index (κ2) is 8.36. The molecule has 12 heteroatoms. The quantitative estimate of drug-likeness (QED) is 0.485. The van der Waals surface area contributed by atoms with Crippen LogP contribution in [-0.2, 0) is 17.5 Å². The zero-order valence-electron chi connectivity index (χ0n) is 21.3. The van der Waals surface area contributed by atoms with E-state index in [0.29, 0.717) is 47.4 Å². The predicted molar refractivity (Wildman–Crippen MR) is 135 cm³/mol. The van der Waals surface area contributed by atoms with E-state index in [1.54, 1.807) is 35.7 Å². The van der Waals surface area contributed by atoms with Gasteiger partial charge in [-0.3, -0.25) is 14.3 Å². The monoisotopic (exact) mass is 537 g/mol. The minimum absolute atomic E-state index is 0.0168. The molecule has 0 bridgehead atoms. The number of nitrogens with zero attached hydrogens (tertiary/aromatic N) is 5. The summed E-state index contributed by atoms with van der Waals surface area (Å²) in [5, 5.41) is 9.17. The second-order valence-corrected chi connectivity index (χ2v) is 10.6. The van der Waals surface area contributed by atoms with E-state index in [1.807, 2.05) is 0 Å². The van der Waals surface area contributed by atoms with E-state index in [0.717, 1.165) is 18.6 Å². The first-order chi connectivity index (χ1) is 18.4. The molecule has 3 fully saturated rings. The van der Waals surface area contributed by atoms with Crippen molar-refractivity contribution < 1.29 is 22.8 Å². The number of fused-ring (bicyclic) bond motifs is 1. The molecular formula is C27H26F3N7O2. The Hall–Kier alpha value is -4.27. The highest BCUT2D eigenvalue weighted by Crippen LogP contribution is 2.79. The van der Waals surface area contributed by atoms with E-state index in [4.69, 9.17) is 16.6 Å². The smallest absolute Gasteiger partial charge is 0.383 e. The molecular weight excluding hydrogens is 511 g/mol. The Morgan fingerprint density at radius 1 is 1.26 bits per heavy atom. The summed E-state index contributed by atoms with van der Waals surface area (Å²) < 4.78 is 42.6. The third kappa shape index (κ3) is 3.78. The first-order valence-corrected chi connectivity index (χ1v) is 12.5. The highest BCUT2D eigenvalue weighted by Gasteiger charge is 2.79. The Labute approximate surface area is 221 Å². The summed E-state index contributed by atoms with van der Waals surface area (Å²) in [5.74, 6) is 5.19. The van der Waals surface area contributed by atoms with Gasteiger partial charge in [-0.05, 0) is 55.7 Å². The van der Waals surface area contributed by atoms with Gasteiger partial charge in [0.2, 0.25) is 0 Å². The number of anilines is 1. The van der Waals surface area contributed by atoms with Gasteiger partial charge in [-0.1, -0.05) is 18.1 Å². The standard InChI is InChI=1S/C27H26F3N7O2/c1-3-5-20(38)35-12-18-22-19(9-26(18,22)13-35)37-24(31)21(25(32)39)23(34-37)17-11-36(33-14(17)2)10-15-6-4-7-16(8-15)27(28,29)30/h4,6-8,11,18-19,22H,9-10,12-13,31H2,1-2H3,(H2,32,39)/t18?,19-,22-,26+/m1/s1. The van der Waals surface area contributed by atoms with E-state index < -0.39 is 17.6 Å². The third-order valence-corrected chi connectivity index (χ3v) is 8.46. The van der Waals surface area contributed by atoms with Gasteiger partial charge >= 0.3 is 6.18 Å². The van der Waals surface area contributed by atoms with Crippen molar-refractivity contribution in [3.05, 3.63) is 52.8 Å². The molecule has 39 heavy (non-hydrogen) atoms. The van der Waals surface area contributed by atoms with Gasteiger partial charge in [-0.15, -0.1) is 0 Å². The van der Waals surface area contributed by atoms with Crippen molar-refractivity contribution in [2.24, 2.45) is 23.0 Å². The number of benzene rings is 1. The molecule has 2 aromatic heterocycles. The molecule has 4 N–H and O–H groups in total. The number of alkyl halides is 3. The van der Waals surface area contributed by atoms with Gasteiger partial charge in [-0.25, -0.2) is 4.68 Å². The van der Waals surface area contributed by atoms with Gasteiger partial charge in [0.1, 0.15) is 17.1 Å². The summed E-state index contributed by atoms with van der Waals surface area (Å²) in [6.45, 7) is 4.77. The molecule has 1 unspecified atom stereocenters. The lowest BCUT2D eigenvalue weighted by Crippen LogP contribution is -2.40. The fourth-order valence-electron chi connectivity index (χ4n) is 6.72. The van der Waals surface area contributed by atoms with Crippen LogP contribution in [0.3, 0.4) is 0 Å². The van der Waals surface area contributed by atoms with Crippen molar-refractivity contribution in [3.63, 3.8) is 0 Å². The van der Waals surface area contributed by atoms with Crippen LogP contribution in [0.25, 0.3) is 11.3 Å². The Bertz CT molecular complexity index is 1590. The van der Waals surface area contributed by atoms with Crippen LogP contribution in [0.15, 0.2) is 30.5 Å². The van der Waals surface area contributed by atoms with Gasteiger partial charge < -0.3 is 16.4 Å². The Morgan fingerprint density at radius 3 is 2.69 bits per heavy atom. The molecule has 4 atom stereocenters. The lowest BCUT2D eigenvalue weighted by molar-refractivity contribution is -0.137. The third-order valence-electron chi connectivity index (χ3n) is 8.46. The van der Waals surface area contributed by atoms with E-state index in [9.17, 15) is 22.8 Å². The van der Waals surface area contributed by atoms with Crippen molar-refractivity contribution >= 4 is 17.6 Å². The van der Waals surface area contributed by atoms with E-state index in [1.165, 1.54) is 10.7 Å². The molecule has 1 spiro atoms. The van der Waals surface area contributed by atoms with Gasteiger partial charge in [-0.2, -0.15) is 23.4 Å². The highest BCUT2D eigenvalue weighted by atomic mass is 19.4. The molecule has 2 aliphatic carbocycles. The summed E-state index contributed by atoms with van der Waals surface area (Å²) in [5.41, 5.74) is 13.3. The Kier molecular flexibility index (Phi) is 5.37. The molecule has 1 saturated heterocycles. The molecule has 1 aliphatic heterocycles. The summed E-state index contributed by atoms with van der Waals surface area (Å²) >= 11 is 0. The minimum atomic E-state index is -4.44. The molecule has 6 rings (SSSR count). The predicted octanol–water partition coefficient (Wildman–Crippen LogP) is 2.85. The number of piperidine rings is 1. The molecule has 3 aromatic rings. The largest absolute Gasteiger partial charge is 0.416 e. The first-order valence-electron chi connectivity index (χ1n) is 12.5. The number of aromatic nitrogens is 4. The molecule has 1 aromatic carbocycles. The number of nitrogen functional groups attached to an aromatic ring is 1. The van der Waals surface area contributed by atoms with Crippen molar-refractivity contribution in [1.29, 1.82) is 0 Å². The van der Waals surface area contributed by atoms with Crippen LogP contribution < -0.4 is 11.5 Å². The van der Waals surface area contributed by atoms with E-state index in [-0.39, 0.29) is 35.3 Å². The summed E-state index contributed by atoms with van der Waals surface area (Å²) in [7, 11) is 0. The molecule has 202 valence electrons. The number of hydrogen-bond donors (Lipinski definition) is 2. The number of likely N-dealkylation sites (tertiary alicyclic amines) is 1. The van der Waals surface area contributed by atoms with Crippen LogP contribution in [-0.4, -0.2) is 49.4 Å². The number of rotatable bonds is 5. The fraction of sp³-hybridized carbons (Fsp3) is 0.407. The normalized spacial score (nSPS) is 24.8. The lowest BCUT2D eigenvalue weighted by atomic mass is 9.80. The van der Waals surface area contributed by atoms with Crippen molar-refractivity contribution in [3.8, 4) is 23.1 Å². The lowest BCUT2D eigenvalue weighted by Gasteiger charge is -2.37. The fourth-order valence-corrected chi connectivity index (χ4v) is 6.72. The summed E-state index contributed by atoms with van der Waals surface area (Å²) in [6.07, 6.45) is -2.02.